The largest absolute Gasteiger partial charge is 0.357 e. The topological polar surface area (TPSA) is 53.9 Å². The van der Waals surface area contributed by atoms with E-state index in [0.717, 1.165) is 30.4 Å². The first kappa shape index (κ1) is 13.7. The van der Waals surface area contributed by atoms with Crippen LogP contribution < -0.4 is 10.2 Å². The highest BCUT2D eigenvalue weighted by atomic mass is 32.1. The third-order valence-electron chi connectivity index (χ3n) is 2.99. The van der Waals surface area contributed by atoms with E-state index in [0.29, 0.717) is 5.95 Å². The monoisotopic (exact) mass is 277 g/mol. The SMILES string of the molecule is CCN(CC)c1nc(NC)nc(-c2ccsc2C)n1. The molecule has 6 heteroatoms. The zero-order valence-electron chi connectivity index (χ0n) is 11.8. The number of rotatable bonds is 5. The van der Waals surface area contributed by atoms with Crippen LogP contribution >= 0.6 is 11.3 Å². The molecule has 0 aliphatic heterocycles. The van der Waals surface area contributed by atoms with E-state index in [1.807, 2.05) is 7.05 Å². The predicted octanol–water partition coefficient (Wildman–Crippen LogP) is 2.80. The van der Waals surface area contributed by atoms with Gasteiger partial charge in [-0.2, -0.15) is 15.0 Å². The molecule has 5 nitrogen and oxygen atoms in total. The van der Waals surface area contributed by atoms with Gasteiger partial charge in [0.15, 0.2) is 5.82 Å². The van der Waals surface area contributed by atoms with Gasteiger partial charge >= 0.3 is 0 Å². The Morgan fingerprint density at radius 2 is 1.95 bits per heavy atom. The van der Waals surface area contributed by atoms with Crippen molar-refractivity contribution in [2.45, 2.75) is 20.8 Å². The van der Waals surface area contributed by atoms with Crippen LogP contribution in [0.25, 0.3) is 11.4 Å². The summed E-state index contributed by atoms with van der Waals surface area (Å²) < 4.78 is 0. The zero-order valence-corrected chi connectivity index (χ0v) is 12.6. The predicted molar refractivity (Wildman–Crippen MR) is 81.0 cm³/mol. The van der Waals surface area contributed by atoms with Gasteiger partial charge in [0.2, 0.25) is 11.9 Å². The van der Waals surface area contributed by atoms with Crippen LogP contribution in [0.1, 0.15) is 18.7 Å². The maximum atomic E-state index is 4.60. The smallest absolute Gasteiger partial charge is 0.230 e. The van der Waals surface area contributed by atoms with Gasteiger partial charge in [0, 0.05) is 30.6 Å². The Hall–Kier alpha value is -1.69. The minimum atomic E-state index is 0.609. The highest BCUT2D eigenvalue weighted by molar-refractivity contribution is 7.10. The number of hydrogen-bond acceptors (Lipinski definition) is 6. The maximum Gasteiger partial charge on any atom is 0.230 e. The van der Waals surface area contributed by atoms with Crippen molar-refractivity contribution in [3.8, 4) is 11.4 Å². The number of nitrogens with zero attached hydrogens (tertiary/aromatic N) is 4. The van der Waals surface area contributed by atoms with Crippen LogP contribution in [0.15, 0.2) is 11.4 Å². The second-order valence-corrected chi connectivity index (χ2v) is 5.22. The fraction of sp³-hybridized carbons (Fsp3) is 0.462. The second-order valence-electron chi connectivity index (χ2n) is 4.10. The summed E-state index contributed by atoms with van der Waals surface area (Å²) in [6.07, 6.45) is 0. The maximum absolute atomic E-state index is 4.60. The molecular formula is C13H19N5S. The molecule has 0 spiro atoms. The summed E-state index contributed by atoms with van der Waals surface area (Å²) in [7, 11) is 1.83. The van der Waals surface area contributed by atoms with E-state index >= 15 is 0 Å². The second kappa shape index (κ2) is 5.97. The summed E-state index contributed by atoms with van der Waals surface area (Å²) in [5, 5.41) is 5.07. The molecule has 0 saturated heterocycles. The summed E-state index contributed by atoms with van der Waals surface area (Å²) in [6, 6.07) is 2.06. The average Bonchev–Trinajstić information content (AvgIpc) is 2.86. The molecule has 0 saturated carbocycles. The highest BCUT2D eigenvalue weighted by Crippen LogP contribution is 2.26. The molecule has 0 atom stereocenters. The Balaban J connectivity index is 2.50. The van der Waals surface area contributed by atoms with Crippen LogP contribution in [0.2, 0.25) is 0 Å². The molecule has 0 aromatic carbocycles. The standard InChI is InChI=1S/C13H19N5S/c1-5-18(6-2)13-16-11(15-12(14-4)17-13)10-7-8-19-9(10)3/h7-8H,5-6H2,1-4H3,(H,14,15,16,17). The summed E-state index contributed by atoms with van der Waals surface area (Å²) in [4.78, 5) is 16.8. The number of aromatic nitrogens is 3. The van der Waals surface area contributed by atoms with Gasteiger partial charge in [0.25, 0.3) is 0 Å². The van der Waals surface area contributed by atoms with Crippen LogP contribution in [0.3, 0.4) is 0 Å². The molecule has 2 aromatic heterocycles. The van der Waals surface area contributed by atoms with Gasteiger partial charge in [-0.15, -0.1) is 11.3 Å². The van der Waals surface area contributed by atoms with Crippen LogP contribution in [-0.2, 0) is 0 Å². The molecule has 102 valence electrons. The van der Waals surface area contributed by atoms with E-state index < -0.39 is 0 Å². The van der Waals surface area contributed by atoms with Crippen molar-refractivity contribution in [2.24, 2.45) is 0 Å². The van der Waals surface area contributed by atoms with Gasteiger partial charge in [0.1, 0.15) is 0 Å². The van der Waals surface area contributed by atoms with Crippen molar-refractivity contribution in [3.63, 3.8) is 0 Å². The van der Waals surface area contributed by atoms with Crippen molar-refractivity contribution >= 4 is 23.2 Å². The number of thiophene rings is 1. The first-order chi connectivity index (χ1) is 9.19. The molecule has 19 heavy (non-hydrogen) atoms. The lowest BCUT2D eigenvalue weighted by Crippen LogP contribution is -2.25. The summed E-state index contributed by atoms with van der Waals surface area (Å²) in [5.41, 5.74) is 1.08. The molecular weight excluding hydrogens is 258 g/mol. The average molecular weight is 277 g/mol. The van der Waals surface area contributed by atoms with E-state index in [1.54, 1.807) is 11.3 Å². The van der Waals surface area contributed by atoms with E-state index in [-0.39, 0.29) is 0 Å². The Bertz CT molecular complexity index is 548. The molecule has 0 aliphatic carbocycles. The third-order valence-corrected chi connectivity index (χ3v) is 3.84. The van der Waals surface area contributed by atoms with Crippen molar-refractivity contribution in [1.82, 2.24) is 15.0 Å². The molecule has 0 fully saturated rings. The van der Waals surface area contributed by atoms with Crippen LogP contribution in [0.4, 0.5) is 11.9 Å². The molecule has 0 amide bonds. The first-order valence-electron chi connectivity index (χ1n) is 6.42. The highest BCUT2D eigenvalue weighted by Gasteiger charge is 2.13. The summed E-state index contributed by atoms with van der Waals surface area (Å²) >= 11 is 1.70. The lowest BCUT2D eigenvalue weighted by atomic mass is 10.2. The fourth-order valence-corrected chi connectivity index (χ4v) is 2.56. The minimum absolute atomic E-state index is 0.609. The fourth-order valence-electron chi connectivity index (χ4n) is 1.86. The van der Waals surface area contributed by atoms with Gasteiger partial charge in [0.05, 0.1) is 0 Å². The van der Waals surface area contributed by atoms with Crippen LogP contribution in [0.5, 0.6) is 0 Å². The molecule has 0 aliphatic rings. The molecule has 2 heterocycles. The molecule has 0 unspecified atom stereocenters. The molecule has 2 rings (SSSR count). The van der Waals surface area contributed by atoms with Gasteiger partial charge in [-0.25, -0.2) is 0 Å². The normalized spacial score (nSPS) is 10.5. The van der Waals surface area contributed by atoms with Crippen LogP contribution in [-0.4, -0.2) is 35.1 Å². The molecule has 0 radical (unpaired) electrons. The number of nitrogens with one attached hydrogen (secondary N) is 1. The van der Waals surface area contributed by atoms with Crippen LogP contribution in [0, 0.1) is 6.92 Å². The van der Waals surface area contributed by atoms with Gasteiger partial charge < -0.3 is 10.2 Å². The Morgan fingerprint density at radius 1 is 1.21 bits per heavy atom. The van der Waals surface area contributed by atoms with E-state index in [1.165, 1.54) is 4.88 Å². The number of anilines is 2. The first-order valence-corrected chi connectivity index (χ1v) is 7.30. The quantitative estimate of drug-likeness (QED) is 0.910. The Kier molecular flexibility index (Phi) is 4.31. The van der Waals surface area contributed by atoms with Crippen molar-refractivity contribution < 1.29 is 0 Å². The lowest BCUT2D eigenvalue weighted by molar-refractivity contribution is 0.815. The third kappa shape index (κ3) is 2.84. The van der Waals surface area contributed by atoms with Gasteiger partial charge in [-0.3, -0.25) is 0 Å². The van der Waals surface area contributed by atoms with Crippen molar-refractivity contribution in [1.29, 1.82) is 0 Å². The summed E-state index contributed by atoms with van der Waals surface area (Å²) in [5.74, 6) is 2.07. The number of hydrogen-bond donors (Lipinski definition) is 1. The molecule has 0 bridgehead atoms. The van der Waals surface area contributed by atoms with Crippen molar-refractivity contribution in [2.75, 3.05) is 30.4 Å². The Labute approximate surface area is 117 Å². The number of aryl methyl sites for hydroxylation is 1. The van der Waals surface area contributed by atoms with Gasteiger partial charge in [-0.05, 0) is 32.2 Å². The van der Waals surface area contributed by atoms with Gasteiger partial charge in [-0.1, -0.05) is 0 Å². The van der Waals surface area contributed by atoms with E-state index in [2.05, 4.69) is 57.4 Å². The molecule has 1 N–H and O–H groups in total. The van der Waals surface area contributed by atoms with E-state index in [9.17, 15) is 0 Å². The van der Waals surface area contributed by atoms with E-state index in [4.69, 9.17) is 0 Å². The van der Waals surface area contributed by atoms with Crippen molar-refractivity contribution in [3.05, 3.63) is 16.3 Å². The Morgan fingerprint density at radius 3 is 2.47 bits per heavy atom. The minimum Gasteiger partial charge on any atom is -0.357 e. The zero-order chi connectivity index (χ0) is 13.8. The lowest BCUT2D eigenvalue weighted by Gasteiger charge is -2.19. The summed E-state index contributed by atoms with van der Waals surface area (Å²) in [6.45, 7) is 8.04. The molecule has 2 aromatic rings.